The molecule has 0 atom stereocenters. The molecule has 3 nitrogen and oxygen atoms in total. The molecule has 1 heterocycles. The van der Waals surface area contributed by atoms with E-state index in [1.54, 1.807) is 0 Å². The molecule has 0 amide bonds. The summed E-state index contributed by atoms with van der Waals surface area (Å²) in [5.41, 5.74) is 7.07. The second-order valence-electron chi connectivity index (χ2n) is 3.39. The Morgan fingerprint density at radius 2 is 2.21 bits per heavy atom. The molecule has 0 saturated heterocycles. The number of ketones is 1. The van der Waals surface area contributed by atoms with Crippen molar-refractivity contribution in [3.8, 4) is 0 Å². The van der Waals surface area contributed by atoms with Gasteiger partial charge in [0, 0.05) is 6.42 Å². The van der Waals surface area contributed by atoms with Gasteiger partial charge in [-0.05, 0) is 24.9 Å². The molecule has 0 bridgehead atoms. The number of nitrogen functional groups attached to an aromatic ring is 1. The van der Waals surface area contributed by atoms with E-state index in [9.17, 15) is 4.79 Å². The number of unbranched alkanes of at least 4 members (excludes halogenated alkanes) is 2. The summed E-state index contributed by atoms with van der Waals surface area (Å²) in [5, 5.41) is 0. The summed E-state index contributed by atoms with van der Waals surface area (Å²) in [7, 11) is 0. The van der Waals surface area contributed by atoms with Crippen LogP contribution in [0.25, 0.3) is 0 Å². The molecule has 0 aliphatic carbocycles. The van der Waals surface area contributed by atoms with Crippen molar-refractivity contribution in [1.82, 2.24) is 4.37 Å². The van der Waals surface area contributed by atoms with Crippen molar-refractivity contribution in [2.75, 3.05) is 5.73 Å². The van der Waals surface area contributed by atoms with Crippen LogP contribution in [0.4, 0.5) is 5.69 Å². The van der Waals surface area contributed by atoms with Crippen LogP contribution in [-0.2, 0) is 0 Å². The van der Waals surface area contributed by atoms with Crippen LogP contribution in [0.1, 0.15) is 48.0 Å². The van der Waals surface area contributed by atoms with Gasteiger partial charge in [0.2, 0.25) is 0 Å². The van der Waals surface area contributed by atoms with Gasteiger partial charge in [-0.1, -0.05) is 19.8 Å². The first-order chi connectivity index (χ1) is 6.66. The number of rotatable bonds is 5. The predicted molar refractivity (Wildman–Crippen MR) is 59.7 cm³/mol. The van der Waals surface area contributed by atoms with Gasteiger partial charge in [0.25, 0.3) is 0 Å². The summed E-state index contributed by atoms with van der Waals surface area (Å²) < 4.78 is 4.06. The highest BCUT2D eigenvalue weighted by atomic mass is 32.1. The number of hydrogen-bond acceptors (Lipinski definition) is 4. The van der Waals surface area contributed by atoms with Gasteiger partial charge in [0.1, 0.15) is 4.88 Å². The number of nitrogens with two attached hydrogens (primary N) is 1. The number of aromatic nitrogens is 1. The maximum absolute atomic E-state index is 11.6. The molecular formula is C10H16N2OS. The number of hydrogen-bond donors (Lipinski definition) is 1. The second kappa shape index (κ2) is 5.10. The average molecular weight is 212 g/mol. The van der Waals surface area contributed by atoms with Crippen molar-refractivity contribution < 1.29 is 4.79 Å². The van der Waals surface area contributed by atoms with E-state index < -0.39 is 0 Å². The first-order valence-corrected chi connectivity index (χ1v) is 5.69. The Balaban J connectivity index is 2.56. The summed E-state index contributed by atoms with van der Waals surface area (Å²) >= 11 is 1.22. The number of anilines is 1. The third-order valence-electron chi connectivity index (χ3n) is 2.17. The van der Waals surface area contributed by atoms with Crippen LogP contribution < -0.4 is 5.73 Å². The van der Waals surface area contributed by atoms with Gasteiger partial charge in [-0.2, -0.15) is 4.37 Å². The monoisotopic (exact) mass is 212 g/mol. The minimum atomic E-state index is 0.140. The van der Waals surface area contributed by atoms with Crippen LogP contribution in [-0.4, -0.2) is 10.2 Å². The lowest BCUT2D eigenvalue weighted by Gasteiger charge is -1.98. The maximum atomic E-state index is 11.6. The molecule has 1 rings (SSSR count). The smallest absolute Gasteiger partial charge is 0.176 e. The van der Waals surface area contributed by atoms with Crippen LogP contribution in [0.2, 0.25) is 0 Å². The Bertz CT molecular complexity index is 320. The van der Waals surface area contributed by atoms with Gasteiger partial charge >= 0.3 is 0 Å². The Morgan fingerprint density at radius 1 is 1.50 bits per heavy atom. The molecule has 0 aromatic carbocycles. The van der Waals surface area contributed by atoms with Gasteiger partial charge in [0.05, 0.1) is 11.4 Å². The van der Waals surface area contributed by atoms with E-state index in [2.05, 4.69) is 11.3 Å². The van der Waals surface area contributed by atoms with Crippen molar-refractivity contribution in [1.29, 1.82) is 0 Å². The topological polar surface area (TPSA) is 56.0 Å². The highest BCUT2D eigenvalue weighted by Crippen LogP contribution is 2.22. The molecule has 0 aliphatic heterocycles. The van der Waals surface area contributed by atoms with Crippen LogP contribution in [0.3, 0.4) is 0 Å². The first-order valence-electron chi connectivity index (χ1n) is 4.91. The van der Waals surface area contributed by atoms with Gasteiger partial charge in [-0.15, -0.1) is 0 Å². The van der Waals surface area contributed by atoms with E-state index in [4.69, 9.17) is 5.73 Å². The number of carbonyl (C=O) groups excluding carboxylic acids is 1. The van der Waals surface area contributed by atoms with Crippen molar-refractivity contribution in [2.45, 2.75) is 39.5 Å². The van der Waals surface area contributed by atoms with Gasteiger partial charge in [0.15, 0.2) is 5.78 Å². The van der Waals surface area contributed by atoms with Gasteiger partial charge in [-0.3, -0.25) is 4.79 Å². The molecule has 0 aliphatic rings. The zero-order valence-electron chi connectivity index (χ0n) is 8.67. The zero-order valence-corrected chi connectivity index (χ0v) is 9.49. The summed E-state index contributed by atoms with van der Waals surface area (Å²) in [5.74, 6) is 0.140. The van der Waals surface area contributed by atoms with E-state index in [0.29, 0.717) is 17.0 Å². The normalized spacial score (nSPS) is 10.4. The number of nitrogens with zero attached hydrogens (tertiary/aromatic N) is 1. The van der Waals surface area contributed by atoms with E-state index in [-0.39, 0.29) is 5.78 Å². The van der Waals surface area contributed by atoms with E-state index in [1.807, 2.05) is 6.92 Å². The fraction of sp³-hybridized carbons (Fsp3) is 0.600. The molecule has 2 N–H and O–H groups in total. The highest BCUT2D eigenvalue weighted by Gasteiger charge is 2.14. The first kappa shape index (κ1) is 11.2. The largest absolute Gasteiger partial charge is 0.396 e. The molecule has 1 aromatic rings. The van der Waals surface area contributed by atoms with E-state index in [0.717, 1.165) is 25.0 Å². The van der Waals surface area contributed by atoms with Crippen molar-refractivity contribution in [3.63, 3.8) is 0 Å². The lowest BCUT2D eigenvalue weighted by atomic mass is 10.1. The van der Waals surface area contributed by atoms with Crippen molar-refractivity contribution in [3.05, 3.63) is 10.6 Å². The molecule has 1 aromatic heterocycles. The molecule has 0 radical (unpaired) electrons. The summed E-state index contributed by atoms with van der Waals surface area (Å²) in [4.78, 5) is 12.3. The standard InChI is InChI=1S/C10H16N2OS/c1-3-4-5-6-8(13)10-9(11)7(2)12-14-10/h3-6,11H2,1-2H3. The summed E-state index contributed by atoms with van der Waals surface area (Å²) in [6, 6.07) is 0. The van der Waals surface area contributed by atoms with E-state index >= 15 is 0 Å². The van der Waals surface area contributed by atoms with E-state index in [1.165, 1.54) is 11.5 Å². The molecule has 78 valence electrons. The van der Waals surface area contributed by atoms with Gasteiger partial charge < -0.3 is 5.73 Å². The average Bonchev–Trinajstić information content (AvgIpc) is 2.48. The van der Waals surface area contributed by atoms with Gasteiger partial charge in [-0.25, -0.2) is 0 Å². The molecule has 0 fully saturated rings. The predicted octanol–water partition coefficient (Wildman–Crippen LogP) is 2.80. The molecule has 0 spiro atoms. The SMILES string of the molecule is CCCCCC(=O)c1snc(C)c1N. The lowest BCUT2D eigenvalue weighted by Crippen LogP contribution is -2.00. The fourth-order valence-electron chi connectivity index (χ4n) is 1.23. The zero-order chi connectivity index (χ0) is 10.6. The summed E-state index contributed by atoms with van der Waals surface area (Å²) in [6.45, 7) is 3.95. The minimum absolute atomic E-state index is 0.140. The maximum Gasteiger partial charge on any atom is 0.176 e. The Labute approximate surface area is 88.5 Å². The van der Waals surface area contributed by atoms with Crippen molar-refractivity contribution in [2.24, 2.45) is 0 Å². The second-order valence-corrected chi connectivity index (χ2v) is 4.16. The van der Waals surface area contributed by atoms with Crippen LogP contribution in [0.5, 0.6) is 0 Å². The van der Waals surface area contributed by atoms with Crippen LogP contribution in [0.15, 0.2) is 0 Å². The Hall–Kier alpha value is -0.900. The third kappa shape index (κ3) is 2.54. The summed E-state index contributed by atoms with van der Waals surface area (Å²) in [6.07, 6.45) is 3.78. The highest BCUT2D eigenvalue weighted by molar-refractivity contribution is 7.08. The molecule has 14 heavy (non-hydrogen) atoms. The lowest BCUT2D eigenvalue weighted by molar-refractivity contribution is 0.0984. The number of Topliss-reactive ketones (excluding diaryl/α,β-unsaturated/α-hetero) is 1. The van der Waals surface area contributed by atoms with Crippen LogP contribution >= 0.6 is 11.5 Å². The Morgan fingerprint density at radius 3 is 2.71 bits per heavy atom. The minimum Gasteiger partial charge on any atom is -0.396 e. The number of aryl methyl sites for hydroxylation is 1. The number of carbonyl (C=O) groups is 1. The quantitative estimate of drug-likeness (QED) is 0.603. The molecular weight excluding hydrogens is 196 g/mol. The fourth-order valence-corrected chi connectivity index (χ4v) is 2.00. The van der Waals surface area contributed by atoms with Crippen LogP contribution in [0, 0.1) is 6.92 Å². The third-order valence-corrected chi connectivity index (χ3v) is 3.16. The van der Waals surface area contributed by atoms with Crippen molar-refractivity contribution >= 4 is 23.0 Å². The Kier molecular flexibility index (Phi) is 4.07. The molecule has 0 unspecified atom stereocenters. The molecule has 0 saturated carbocycles. The molecule has 4 heteroatoms.